The van der Waals surface area contributed by atoms with Crippen LogP contribution in [0.2, 0.25) is 0 Å². The predicted octanol–water partition coefficient (Wildman–Crippen LogP) is 2.57. The summed E-state index contributed by atoms with van der Waals surface area (Å²) in [5.74, 6) is -0.0689. The first-order valence-electron chi connectivity index (χ1n) is 9.01. The third-order valence-electron chi connectivity index (χ3n) is 5.46. The van der Waals surface area contributed by atoms with Crippen LogP contribution in [0.5, 0.6) is 0 Å². The first-order chi connectivity index (χ1) is 12.0. The molecule has 0 heterocycles. The maximum atomic E-state index is 12.6. The number of nitrogens with one attached hydrogen (secondary N) is 2. The average molecular weight is 347 g/mol. The van der Waals surface area contributed by atoms with Gasteiger partial charge in [-0.15, -0.1) is 0 Å². The quantitative estimate of drug-likeness (QED) is 0.674. The second kappa shape index (κ2) is 8.34. The highest BCUT2D eigenvalue weighted by Crippen LogP contribution is 2.48. The summed E-state index contributed by atoms with van der Waals surface area (Å²) in [6, 6.07) is 6.76. The van der Waals surface area contributed by atoms with Crippen molar-refractivity contribution in [1.29, 1.82) is 0 Å². The van der Waals surface area contributed by atoms with Crippen LogP contribution in [0.1, 0.15) is 56.0 Å². The van der Waals surface area contributed by atoms with Crippen LogP contribution in [0.15, 0.2) is 24.3 Å². The predicted molar refractivity (Wildman–Crippen MR) is 97.2 cm³/mol. The van der Waals surface area contributed by atoms with E-state index in [-0.39, 0.29) is 23.5 Å². The van der Waals surface area contributed by atoms with Crippen molar-refractivity contribution in [1.82, 2.24) is 10.6 Å². The molecule has 2 unspecified atom stereocenters. The first kappa shape index (κ1) is 19.2. The summed E-state index contributed by atoms with van der Waals surface area (Å²) in [7, 11) is 0. The summed E-state index contributed by atoms with van der Waals surface area (Å²) in [6.07, 6.45) is 3.05. The van der Waals surface area contributed by atoms with Gasteiger partial charge in [0, 0.05) is 30.2 Å². The van der Waals surface area contributed by atoms with Crippen molar-refractivity contribution < 1.29 is 14.3 Å². The lowest BCUT2D eigenvalue weighted by molar-refractivity contribution is -0.134. The molecule has 0 bridgehead atoms. The van der Waals surface area contributed by atoms with Crippen molar-refractivity contribution in [3.63, 3.8) is 0 Å². The van der Waals surface area contributed by atoms with E-state index in [1.165, 1.54) is 0 Å². The van der Waals surface area contributed by atoms with Crippen LogP contribution in [0, 0.1) is 5.41 Å². The van der Waals surface area contributed by atoms with Crippen molar-refractivity contribution in [2.75, 3.05) is 6.61 Å². The first-order valence-corrected chi connectivity index (χ1v) is 9.01. The van der Waals surface area contributed by atoms with Crippen molar-refractivity contribution >= 4 is 11.9 Å². The maximum absolute atomic E-state index is 12.6. The second-order valence-electron chi connectivity index (χ2n) is 6.56. The number of rotatable bonds is 8. The number of benzene rings is 1. The van der Waals surface area contributed by atoms with E-state index in [2.05, 4.69) is 24.5 Å². The number of urea groups is 1. The van der Waals surface area contributed by atoms with Gasteiger partial charge in [-0.2, -0.15) is 0 Å². The topological polar surface area (TPSA) is 93.4 Å². The Balaban J connectivity index is 1.98. The highest BCUT2D eigenvalue weighted by Gasteiger charge is 2.53. The second-order valence-corrected chi connectivity index (χ2v) is 6.56. The summed E-state index contributed by atoms with van der Waals surface area (Å²) < 4.78 is 5.86. The third-order valence-corrected chi connectivity index (χ3v) is 5.46. The molecule has 0 aromatic heterocycles. The van der Waals surface area contributed by atoms with Crippen LogP contribution in [0.4, 0.5) is 4.79 Å². The molecule has 3 amide bonds. The SMILES string of the molecule is CCOC1CC(NC(=O)c2ccc(CNC(N)=O)cc2)C1(CC)CC. The van der Waals surface area contributed by atoms with E-state index >= 15 is 0 Å². The normalized spacial score (nSPS) is 21.2. The third kappa shape index (κ3) is 4.12. The zero-order valence-electron chi connectivity index (χ0n) is 15.3. The molecule has 1 aromatic carbocycles. The number of primary amides is 1. The van der Waals surface area contributed by atoms with Crippen molar-refractivity contribution in [2.45, 2.75) is 58.7 Å². The van der Waals surface area contributed by atoms with Gasteiger partial charge in [0.15, 0.2) is 0 Å². The number of hydrogen-bond acceptors (Lipinski definition) is 3. The number of amides is 3. The molecule has 6 heteroatoms. The number of ether oxygens (including phenoxy) is 1. The molecule has 25 heavy (non-hydrogen) atoms. The van der Waals surface area contributed by atoms with Gasteiger partial charge in [0.2, 0.25) is 0 Å². The molecule has 1 aliphatic rings. The number of carbonyl (C=O) groups is 2. The Kier molecular flexibility index (Phi) is 6.42. The molecular weight excluding hydrogens is 318 g/mol. The minimum atomic E-state index is -0.564. The minimum Gasteiger partial charge on any atom is -0.378 e. The van der Waals surface area contributed by atoms with Gasteiger partial charge in [-0.1, -0.05) is 26.0 Å². The Labute approximate surface area is 149 Å². The van der Waals surface area contributed by atoms with E-state index < -0.39 is 6.03 Å². The largest absolute Gasteiger partial charge is 0.378 e. The molecule has 0 spiro atoms. The number of hydrogen-bond donors (Lipinski definition) is 3. The summed E-state index contributed by atoms with van der Waals surface area (Å²) in [5.41, 5.74) is 6.59. The molecule has 138 valence electrons. The number of nitrogens with two attached hydrogens (primary N) is 1. The Morgan fingerprint density at radius 3 is 2.36 bits per heavy atom. The molecule has 2 rings (SSSR count). The smallest absolute Gasteiger partial charge is 0.312 e. The monoisotopic (exact) mass is 347 g/mol. The highest BCUT2D eigenvalue weighted by molar-refractivity contribution is 5.94. The Bertz CT molecular complexity index is 596. The van der Waals surface area contributed by atoms with E-state index in [9.17, 15) is 9.59 Å². The van der Waals surface area contributed by atoms with Gasteiger partial charge in [-0.3, -0.25) is 4.79 Å². The highest BCUT2D eigenvalue weighted by atomic mass is 16.5. The molecule has 1 saturated carbocycles. The van der Waals surface area contributed by atoms with Gasteiger partial charge in [-0.05, 0) is 43.9 Å². The van der Waals surface area contributed by atoms with E-state index in [0.29, 0.717) is 18.7 Å². The fourth-order valence-electron chi connectivity index (χ4n) is 3.79. The molecule has 0 radical (unpaired) electrons. The standard InChI is InChI=1S/C19H29N3O3/c1-4-19(5-2)15(11-16(19)25-6-3)22-17(23)14-9-7-13(8-10-14)12-21-18(20)24/h7-10,15-16H,4-6,11-12H2,1-3H3,(H,22,23)(H3,20,21,24). The molecule has 1 fully saturated rings. The molecule has 1 aromatic rings. The van der Waals surface area contributed by atoms with Crippen LogP contribution in [-0.2, 0) is 11.3 Å². The Morgan fingerprint density at radius 1 is 1.20 bits per heavy atom. The molecule has 2 atom stereocenters. The van der Waals surface area contributed by atoms with Gasteiger partial charge >= 0.3 is 6.03 Å². The summed E-state index contributed by atoms with van der Waals surface area (Å²) in [5, 5.41) is 5.70. The lowest BCUT2D eigenvalue weighted by Gasteiger charge is -2.55. The van der Waals surface area contributed by atoms with Gasteiger partial charge < -0.3 is 21.1 Å². The molecule has 6 nitrogen and oxygen atoms in total. The summed E-state index contributed by atoms with van der Waals surface area (Å²) in [6.45, 7) is 7.39. The lowest BCUT2D eigenvalue weighted by Crippen LogP contribution is -2.64. The van der Waals surface area contributed by atoms with Gasteiger partial charge in [0.25, 0.3) is 5.91 Å². The Hall–Kier alpha value is -2.08. The minimum absolute atomic E-state index is 0.0248. The van der Waals surface area contributed by atoms with E-state index in [4.69, 9.17) is 10.5 Å². The van der Waals surface area contributed by atoms with Gasteiger partial charge in [0.1, 0.15) is 0 Å². The van der Waals surface area contributed by atoms with E-state index in [0.717, 1.165) is 24.8 Å². The summed E-state index contributed by atoms with van der Waals surface area (Å²) in [4.78, 5) is 23.3. The van der Waals surface area contributed by atoms with Crippen LogP contribution in [-0.4, -0.2) is 30.7 Å². The average Bonchev–Trinajstić information content (AvgIpc) is 2.60. The van der Waals surface area contributed by atoms with E-state index in [1.54, 1.807) is 12.1 Å². The zero-order chi connectivity index (χ0) is 18.4. The fraction of sp³-hybridized carbons (Fsp3) is 0.579. The summed E-state index contributed by atoms with van der Waals surface area (Å²) >= 11 is 0. The van der Waals surface area contributed by atoms with Gasteiger partial charge in [-0.25, -0.2) is 4.79 Å². The Morgan fingerprint density at radius 2 is 1.84 bits per heavy atom. The molecule has 0 saturated heterocycles. The molecule has 1 aliphatic carbocycles. The van der Waals surface area contributed by atoms with E-state index in [1.807, 2.05) is 19.1 Å². The fourth-order valence-corrected chi connectivity index (χ4v) is 3.79. The molecule has 0 aliphatic heterocycles. The lowest BCUT2D eigenvalue weighted by atomic mass is 9.58. The van der Waals surface area contributed by atoms with Crippen molar-refractivity contribution in [3.05, 3.63) is 35.4 Å². The number of carbonyl (C=O) groups excluding carboxylic acids is 2. The zero-order valence-corrected chi connectivity index (χ0v) is 15.3. The molecule has 4 N–H and O–H groups in total. The van der Waals surface area contributed by atoms with Gasteiger partial charge in [0.05, 0.1) is 6.10 Å². The van der Waals surface area contributed by atoms with Crippen LogP contribution >= 0.6 is 0 Å². The van der Waals surface area contributed by atoms with Crippen LogP contribution < -0.4 is 16.4 Å². The van der Waals surface area contributed by atoms with Crippen molar-refractivity contribution in [3.8, 4) is 0 Å². The molecular formula is C19H29N3O3. The van der Waals surface area contributed by atoms with Crippen LogP contribution in [0.25, 0.3) is 0 Å². The van der Waals surface area contributed by atoms with Crippen LogP contribution in [0.3, 0.4) is 0 Å². The maximum Gasteiger partial charge on any atom is 0.312 e. The van der Waals surface area contributed by atoms with Crippen molar-refractivity contribution in [2.24, 2.45) is 11.1 Å².